The molecule has 7 nitrogen and oxygen atoms in total. The average Bonchev–Trinajstić information content (AvgIpc) is 2.69. The van der Waals surface area contributed by atoms with E-state index in [2.05, 4.69) is 10.6 Å². The van der Waals surface area contributed by atoms with E-state index in [1.807, 2.05) is 30.3 Å². The number of carbonyl (C=O) groups excluding carboxylic acids is 3. The van der Waals surface area contributed by atoms with Crippen molar-refractivity contribution in [3.05, 3.63) is 78.4 Å². The third-order valence-corrected chi connectivity index (χ3v) is 3.24. The molecule has 0 atom stereocenters. The second-order valence-electron chi connectivity index (χ2n) is 5.33. The molecule has 2 aromatic rings. The summed E-state index contributed by atoms with van der Waals surface area (Å²) in [7, 11) is 0. The first-order chi connectivity index (χ1) is 13.1. The van der Waals surface area contributed by atoms with E-state index < -0.39 is 11.9 Å². The molecule has 0 saturated carbocycles. The highest BCUT2D eigenvalue weighted by Gasteiger charge is 2.03. The van der Waals surface area contributed by atoms with Gasteiger partial charge in [0.15, 0.2) is 0 Å². The van der Waals surface area contributed by atoms with Gasteiger partial charge in [-0.25, -0.2) is 14.4 Å². The largest absolute Gasteiger partial charge is 0.461 e. The Morgan fingerprint density at radius 2 is 1.44 bits per heavy atom. The fraction of sp³-hybridized carbons (Fsp3) is 0.150. The lowest BCUT2D eigenvalue weighted by molar-refractivity contribution is -0.138. The quantitative estimate of drug-likeness (QED) is 0.322. The number of esters is 2. The van der Waals surface area contributed by atoms with E-state index in [0.717, 1.165) is 17.7 Å². The van der Waals surface area contributed by atoms with Crippen LogP contribution in [0.2, 0.25) is 0 Å². The fourth-order valence-electron chi connectivity index (χ4n) is 1.98. The smallest absolute Gasteiger partial charge is 0.336 e. The summed E-state index contributed by atoms with van der Waals surface area (Å²) in [5.74, 6) is -1.01. The predicted octanol–water partition coefficient (Wildman–Crippen LogP) is 2.19. The Kier molecular flexibility index (Phi) is 8.10. The topological polar surface area (TPSA) is 93.7 Å². The fourth-order valence-corrected chi connectivity index (χ4v) is 1.98. The molecule has 0 aliphatic heterocycles. The van der Waals surface area contributed by atoms with Gasteiger partial charge in [-0.2, -0.15) is 0 Å². The molecule has 0 unspecified atom stereocenters. The monoisotopic (exact) mass is 368 g/mol. The van der Waals surface area contributed by atoms with Crippen molar-refractivity contribution in [2.75, 3.05) is 13.2 Å². The number of carbonyl (C=O) groups is 3. The zero-order valence-corrected chi connectivity index (χ0v) is 14.6. The molecular weight excluding hydrogens is 348 g/mol. The van der Waals surface area contributed by atoms with Gasteiger partial charge in [-0.3, -0.25) is 0 Å². The van der Waals surface area contributed by atoms with E-state index >= 15 is 0 Å². The van der Waals surface area contributed by atoms with Crippen LogP contribution in [0.15, 0.2) is 72.8 Å². The van der Waals surface area contributed by atoms with E-state index in [1.165, 1.54) is 0 Å². The molecule has 2 aromatic carbocycles. The van der Waals surface area contributed by atoms with E-state index in [9.17, 15) is 14.4 Å². The van der Waals surface area contributed by atoms with Gasteiger partial charge in [0.2, 0.25) is 0 Å². The van der Waals surface area contributed by atoms with Crippen LogP contribution in [0.5, 0.6) is 5.75 Å². The van der Waals surface area contributed by atoms with Crippen molar-refractivity contribution < 1.29 is 23.9 Å². The Morgan fingerprint density at radius 1 is 0.815 bits per heavy atom. The number of nitrogens with one attached hydrogen (secondary N) is 2. The Bertz CT molecular complexity index is 775. The molecule has 2 N–H and O–H groups in total. The van der Waals surface area contributed by atoms with Crippen LogP contribution < -0.4 is 15.4 Å². The minimum Gasteiger partial charge on any atom is -0.461 e. The molecule has 2 amide bonds. The van der Waals surface area contributed by atoms with E-state index in [4.69, 9.17) is 9.47 Å². The second kappa shape index (κ2) is 11.1. The van der Waals surface area contributed by atoms with Crippen LogP contribution in [0.4, 0.5) is 4.79 Å². The van der Waals surface area contributed by atoms with E-state index in [-0.39, 0.29) is 19.2 Å². The first-order valence-corrected chi connectivity index (χ1v) is 8.31. The van der Waals surface area contributed by atoms with Crippen LogP contribution in [0.25, 0.3) is 0 Å². The Morgan fingerprint density at radius 3 is 2.15 bits per heavy atom. The standard InChI is InChI=1S/C20H20N2O5/c23-18(11-12-19(24)27-17-9-5-2-6-10-17)26-14-13-21-20(25)22-15-16-7-3-1-4-8-16/h1-12H,13-15H2,(H2,21,22,25)/b12-11+. The summed E-state index contributed by atoms with van der Waals surface area (Å²) in [4.78, 5) is 34.7. The average molecular weight is 368 g/mol. The van der Waals surface area contributed by atoms with Gasteiger partial charge < -0.3 is 20.1 Å². The lowest BCUT2D eigenvalue weighted by atomic mass is 10.2. The van der Waals surface area contributed by atoms with Crippen molar-refractivity contribution >= 4 is 18.0 Å². The zero-order chi connectivity index (χ0) is 19.3. The third-order valence-electron chi connectivity index (χ3n) is 3.24. The van der Waals surface area contributed by atoms with Crippen LogP contribution in [-0.2, 0) is 20.9 Å². The summed E-state index contributed by atoms with van der Waals surface area (Å²) in [6.45, 7) is 0.531. The summed E-state index contributed by atoms with van der Waals surface area (Å²) in [5.41, 5.74) is 0.978. The van der Waals surface area contributed by atoms with Gasteiger partial charge >= 0.3 is 18.0 Å². The summed E-state index contributed by atoms with van der Waals surface area (Å²) in [5, 5.41) is 5.25. The number of benzene rings is 2. The molecule has 0 aliphatic rings. The van der Waals surface area contributed by atoms with Crippen LogP contribution in [-0.4, -0.2) is 31.1 Å². The molecule has 27 heavy (non-hydrogen) atoms. The summed E-state index contributed by atoms with van der Waals surface area (Å²) in [6, 6.07) is 17.6. The minimum atomic E-state index is -0.702. The summed E-state index contributed by atoms with van der Waals surface area (Å²) in [6.07, 6.45) is 1.95. The molecule has 0 fully saturated rings. The number of hydrogen-bond acceptors (Lipinski definition) is 5. The van der Waals surface area contributed by atoms with E-state index in [0.29, 0.717) is 12.3 Å². The molecule has 2 rings (SSSR count). The Balaban J connectivity index is 1.57. The molecule has 0 heterocycles. The lowest BCUT2D eigenvalue weighted by Gasteiger charge is -2.07. The number of para-hydroxylation sites is 1. The van der Waals surface area contributed by atoms with Gasteiger partial charge in [0.1, 0.15) is 12.4 Å². The maximum Gasteiger partial charge on any atom is 0.336 e. The molecule has 7 heteroatoms. The van der Waals surface area contributed by atoms with Crippen molar-refractivity contribution in [2.45, 2.75) is 6.54 Å². The second-order valence-corrected chi connectivity index (χ2v) is 5.33. The maximum atomic E-state index is 11.6. The highest BCUT2D eigenvalue weighted by molar-refractivity contribution is 5.92. The third kappa shape index (κ3) is 8.35. The van der Waals surface area contributed by atoms with Crippen molar-refractivity contribution in [3.8, 4) is 5.75 Å². The van der Waals surface area contributed by atoms with Crippen molar-refractivity contribution in [3.63, 3.8) is 0 Å². The van der Waals surface area contributed by atoms with Crippen LogP contribution in [0, 0.1) is 0 Å². The number of urea groups is 1. The zero-order valence-electron chi connectivity index (χ0n) is 14.6. The highest BCUT2D eigenvalue weighted by Crippen LogP contribution is 2.08. The Labute approximate surface area is 157 Å². The maximum absolute atomic E-state index is 11.6. The van der Waals surface area contributed by atoms with Crippen molar-refractivity contribution in [2.24, 2.45) is 0 Å². The highest BCUT2D eigenvalue weighted by atomic mass is 16.5. The molecule has 0 spiro atoms. The van der Waals surface area contributed by atoms with Crippen LogP contribution in [0.3, 0.4) is 0 Å². The van der Waals surface area contributed by atoms with Crippen molar-refractivity contribution in [1.29, 1.82) is 0 Å². The summed E-state index contributed by atoms with van der Waals surface area (Å²) >= 11 is 0. The molecule has 0 aliphatic carbocycles. The normalized spacial score (nSPS) is 10.2. The van der Waals surface area contributed by atoms with Gasteiger partial charge in [-0.05, 0) is 17.7 Å². The number of rotatable bonds is 8. The summed E-state index contributed by atoms with van der Waals surface area (Å²) < 4.78 is 9.87. The van der Waals surface area contributed by atoms with Gasteiger partial charge in [0.25, 0.3) is 0 Å². The lowest BCUT2D eigenvalue weighted by Crippen LogP contribution is -2.37. The van der Waals surface area contributed by atoms with Gasteiger partial charge in [-0.1, -0.05) is 48.5 Å². The van der Waals surface area contributed by atoms with Gasteiger partial charge in [0, 0.05) is 18.7 Å². The number of hydrogen-bond donors (Lipinski definition) is 2. The van der Waals surface area contributed by atoms with Crippen LogP contribution in [0.1, 0.15) is 5.56 Å². The molecule has 0 saturated heterocycles. The van der Waals surface area contributed by atoms with E-state index in [1.54, 1.807) is 30.3 Å². The predicted molar refractivity (Wildman–Crippen MR) is 98.9 cm³/mol. The molecule has 0 radical (unpaired) electrons. The minimum absolute atomic E-state index is 0.0182. The number of amides is 2. The number of ether oxygens (including phenoxy) is 2. The van der Waals surface area contributed by atoms with Gasteiger partial charge in [0.05, 0.1) is 6.54 Å². The van der Waals surface area contributed by atoms with Gasteiger partial charge in [-0.15, -0.1) is 0 Å². The molecule has 140 valence electrons. The molecular formula is C20H20N2O5. The Hall–Kier alpha value is -3.61. The first-order valence-electron chi connectivity index (χ1n) is 8.31. The van der Waals surface area contributed by atoms with Crippen LogP contribution >= 0.6 is 0 Å². The molecule has 0 bridgehead atoms. The first kappa shape index (κ1) is 19.7. The SMILES string of the molecule is O=C(NCCOC(=O)/C=C/C(=O)Oc1ccccc1)NCc1ccccc1. The molecule has 0 aromatic heterocycles. The van der Waals surface area contributed by atoms with Crippen molar-refractivity contribution in [1.82, 2.24) is 10.6 Å².